The van der Waals surface area contributed by atoms with Crippen LogP contribution in [0.25, 0.3) is 0 Å². The third kappa shape index (κ3) is 5.70. The van der Waals surface area contributed by atoms with Gasteiger partial charge in [-0.3, -0.25) is 4.79 Å². The van der Waals surface area contributed by atoms with E-state index < -0.39 is 0 Å². The zero-order valence-corrected chi connectivity index (χ0v) is 17.1. The highest BCUT2D eigenvalue weighted by Gasteiger charge is 2.31. The van der Waals surface area contributed by atoms with Crippen LogP contribution in [-0.4, -0.2) is 75.5 Å². The molecule has 9 nitrogen and oxygen atoms in total. The monoisotopic (exact) mass is 395 g/mol. The normalized spacial score (nSPS) is 25.2. The average Bonchev–Trinajstić information content (AvgIpc) is 2.71. The molecule has 158 valence electrons. The van der Waals surface area contributed by atoms with E-state index in [1.165, 1.54) is 7.11 Å². The lowest BCUT2D eigenvalue weighted by molar-refractivity contribution is -0.128. The number of nitrogens with two attached hydrogens (primary N) is 2. The zero-order valence-electron chi connectivity index (χ0n) is 17.1. The van der Waals surface area contributed by atoms with Crippen molar-refractivity contribution < 1.29 is 19.0 Å². The molecule has 28 heavy (non-hydrogen) atoms. The van der Waals surface area contributed by atoms with Crippen LogP contribution in [0.3, 0.4) is 0 Å². The fraction of sp³-hybridized carbons (Fsp3) is 0.684. The molecule has 0 radical (unpaired) electrons. The zero-order chi connectivity index (χ0) is 20.7. The second-order valence-electron chi connectivity index (χ2n) is 7.13. The van der Waals surface area contributed by atoms with E-state index in [1.54, 1.807) is 18.9 Å². The van der Waals surface area contributed by atoms with E-state index in [1.807, 2.05) is 0 Å². The van der Waals surface area contributed by atoms with Crippen LogP contribution in [0.5, 0.6) is 0 Å². The molecular formula is C19H33N5O4. The standard InChI is InChI=1S/C19H33N5O4/c1-12(13(2)20)17(23-19(21)27-4)18(25)24-8-5-14(6-9-24)22-15-7-10-28-11-16(15)26-3/h14-16,22H,2,5-11,20H2,1,3-4H3,(H2,21,23)/b17-12-/t15-,16+/m0/s1. The minimum Gasteiger partial charge on any atom is -0.469 e. The molecule has 0 saturated carbocycles. The smallest absolute Gasteiger partial charge is 0.287 e. The van der Waals surface area contributed by atoms with Gasteiger partial charge >= 0.3 is 0 Å². The molecule has 1 amide bonds. The van der Waals surface area contributed by atoms with Gasteiger partial charge in [-0.05, 0) is 26.2 Å². The molecule has 2 fully saturated rings. The van der Waals surface area contributed by atoms with Crippen LogP contribution >= 0.6 is 0 Å². The van der Waals surface area contributed by atoms with Crippen molar-refractivity contribution in [2.75, 3.05) is 40.5 Å². The maximum atomic E-state index is 13.0. The number of piperidine rings is 1. The van der Waals surface area contributed by atoms with Crippen LogP contribution in [0.1, 0.15) is 26.2 Å². The molecule has 5 N–H and O–H groups in total. The molecule has 0 aromatic carbocycles. The van der Waals surface area contributed by atoms with Crippen molar-refractivity contribution in [2.45, 2.75) is 44.4 Å². The van der Waals surface area contributed by atoms with Gasteiger partial charge in [0, 0.05) is 50.2 Å². The lowest BCUT2D eigenvalue weighted by Crippen LogP contribution is -2.54. The van der Waals surface area contributed by atoms with Crippen molar-refractivity contribution in [2.24, 2.45) is 16.5 Å². The Morgan fingerprint density at radius 3 is 2.50 bits per heavy atom. The fourth-order valence-corrected chi connectivity index (χ4v) is 3.44. The number of carbonyl (C=O) groups excluding carboxylic acids is 1. The Balaban J connectivity index is 1.99. The maximum absolute atomic E-state index is 13.0. The van der Waals surface area contributed by atoms with Gasteiger partial charge in [0.05, 0.1) is 19.8 Å². The Morgan fingerprint density at radius 2 is 1.93 bits per heavy atom. The summed E-state index contributed by atoms with van der Waals surface area (Å²) in [4.78, 5) is 18.9. The molecule has 0 aliphatic carbocycles. The summed E-state index contributed by atoms with van der Waals surface area (Å²) in [5.41, 5.74) is 12.4. The summed E-state index contributed by atoms with van der Waals surface area (Å²) in [6.45, 7) is 7.99. The lowest BCUT2D eigenvalue weighted by Gasteiger charge is -2.38. The van der Waals surface area contributed by atoms with Gasteiger partial charge in [-0.15, -0.1) is 0 Å². The van der Waals surface area contributed by atoms with Crippen LogP contribution in [-0.2, 0) is 19.0 Å². The SMILES string of the molecule is C=C(N)/C(C)=C(\N=C(N)OC)C(=O)N1CCC(N[C@H]2CCOC[C@H]2OC)CC1. The first-order chi connectivity index (χ1) is 13.4. The Kier molecular flexibility index (Phi) is 8.28. The maximum Gasteiger partial charge on any atom is 0.287 e. The summed E-state index contributed by atoms with van der Waals surface area (Å²) in [5, 5.41) is 3.67. The third-order valence-corrected chi connectivity index (χ3v) is 5.31. The summed E-state index contributed by atoms with van der Waals surface area (Å²) in [6, 6.07) is 0.511. The van der Waals surface area contributed by atoms with Crippen LogP contribution < -0.4 is 16.8 Å². The number of nitrogens with one attached hydrogen (secondary N) is 1. The molecule has 0 spiro atoms. The number of hydrogen-bond donors (Lipinski definition) is 3. The van der Waals surface area contributed by atoms with E-state index in [0.717, 1.165) is 25.9 Å². The van der Waals surface area contributed by atoms with Crippen molar-refractivity contribution in [3.63, 3.8) is 0 Å². The summed E-state index contributed by atoms with van der Waals surface area (Å²) < 4.78 is 15.9. The van der Waals surface area contributed by atoms with Crippen molar-refractivity contribution in [1.82, 2.24) is 10.2 Å². The molecule has 0 aromatic heterocycles. The summed E-state index contributed by atoms with van der Waals surface area (Å²) in [5.74, 6) is -0.219. The molecule has 2 rings (SSSR count). The molecule has 2 atom stereocenters. The van der Waals surface area contributed by atoms with Gasteiger partial charge in [-0.25, -0.2) is 0 Å². The predicted octanol–water partition coefficient (Wildman–Crippen LogP) is 0.0784. The van der Waals surface area contributed by atoms with Crippen molar-refractivity contribution >= 4 is 11.9 Å². The predicted molar refractivity (Wildman–Crippen MR) is 107 cm³/mol. The number of amidine groups is 1. The summed E-state index contributed by atoms with van der Waals surface area (Å²) in [7, 11) is 3.11. The van der Waals surface area contributed by atoms with Gasteiger partial charge in [-0.2, -0.15) is 4.99 Å². The highest BCUT2D eigenvalue weighted by molar-refractivity contribution is 5.96. The van der Waals surface area contributed by atoms with Crippen molar-refractivity contribution in [3.8, 4) is 0 Å². The van der Waals surface area contributed by atoms with E-state index in [2.05, 4.69) is 16.9 Å². The molecule has 0 bridgehead atoms. The first-order valence-corrected chi connectivity index (χ1v) is 9.57. The number of nitrogens with zero attached hydrogens (tertiary/aromatic N) is 2. The van der Waals surface area contributed by atoms with E-state index >= 15 is 0 Å². The number of rotatable bonds is 6. The van der Waals surface area contributed by atoms with Gasteiger partial charge in [-0.1, -0.05) is 6.58 Å². The molecule has 2 heterocycles. The number of methoxy groups -OCH3 is 2. The molecule has 2 aliphatic heterocycles. The number of hydrogen-bond acceptors (Lipinski definition) is 7. The first kappa shape index (κ1) is 22.2. The minimum absolute atomic E-state index is 0.0625. The fourth-order valence-electron chi connectivity index (χ4n) is 3.44. The van der Waals surface area contributed by atoms with Crippen molar-refractivity contribution in [3.05, 3.63) is 23.5 Å². The van der Waals surface area contributed by atoms with E-state index in [-0.39, 0.29) is 35.5 Å². The Labute approximate surface area is 166 Å². The van der Waals surface area contributed by atoms with E-state index in [9.17, 15) is 4.79 Å². The van der Waals surface area contributed by atoms with Crippen LogP contribution in [0.2, 0.25) is 0 Å². The number of ether oxygens (including phenoxy) is 3. The summed E-state index contributed by atoms with van der Waals surface area (Å²) in [6.07, 6.45) is 2.68. The number of amides is 1. The summed E-state index contributed by atoms with van der Waals surface area (Å²) >= 11 is 0. The van der Waals surface area contributed by atoms with Gasteiger partial charge in [0.2, 0.25) is 0 Å². The Bertz CT molecular complexity index is 626. The van der Waals surface area contributed by atoms with Crippen LogP contribution in [0.4, 0.5) is 0 Å². The molecular weight excluding hydrogens is 362 g/mol. The average molecular weight is 396 g/mol. The Morgan fingerprint density at radius 1 is 1.25 bits per heavy atom. The molecule has 0 aromatic rings. The topological polar surface area (TPSA) is 124 Å². The first-order valence-electron chi connectivity index (χ1n) is 9.57. The van der Waals surface area contributed by atoms with Gasteiger partial charge in [0.25, 0.3) is 11.9 Å². The number of likely N-dealkylation sites (tertiary alicyclic amines) is 1. The number of aliphatic imine (C=N–C) groups is 1. The highest BCUT2D eigenvalue weighted by atomic mass is 16.5. The van der Waals surface area contributed by atoms with Gasteiger partial charge in [0.15, 0.2) is 0 Å². The van der Waals surface area contributed by atoms with Crippen LogP contribution in [0, 0.1) is 0 Å². The van der Waals surface area contributed by atoms with Crippen molar-refractivity contribution in [1.29, 1.82) is 0 Å². The highest BCUT2D eigenvalue weighted by Crippen LogP contribution is 2.20. The number of allylic oxidation sites excluding steroid dienone is 1. The third-order valence-electron chi connectivity index (χ3n) is 5.31. The Hall–Kier alpha value is -2.10. The molecule has 0 unspecified atom stereocenters. The van der Waals surface area contributed by atoms with Gasteiger partial charge in [0.1, 0.15) is 5.70 Å². The molecule has 9 heteroatoms. The molecule has 2 aliphatic rings. The van der Waals surface area contributed by atoms with Crippen LogP contribution in [0.15, 0.2) is 28.5 Å². The second kappa shape index (κ2) is 10.4. The number of carbonyl (C=O) groups is 1. The second-order valence-corrected chi connectivity index (χ2v) is 7.13. The van der Waals surface area contributed by atoms with Gasteiger partial charge < -0.3 is 35.9 Å². The lowest BCUT2D eigenvalue weighted by atomic mass is 9.99. The quantitative estimate of drug-likeness (QED) is 0.252. The minimum atomic E-state index is -0.219. The largest absolute Gasteiger partial charge is 0.469 e. The van der Waals surface area contributed by atoms with E-state index in [4.69, 9.17) is 25.7 Å². The molecule has 2 saturated heterocycles. The van der Waals surface area contributed by atoms with E-state index in [0.29, 0.717) is 31.3 Å².